The van der Waals surface area contributed by atoms with E-state index in [1.54, 1.807) is 24.3 Å². The molecule has 2 aromatic carbocycles. The summed E-state index contributed by atoms with van der Waals surface area (Å²) in [6, 6.07) is 11.1. The van der Waals surface area contributed by atoms with Crippen LogP contribution in [0.1, 0.15) is 24.1 Å². The number of carbonyl (C=O) groups excluding carboxylic acids is 1. The Bertz CT molecular complexity index is 1580. The Morgan fingerprint density at radius 1 is 1.22 bits per heavy atom. The monoisotopic (exact) mass is 546 g/mol. The quantitative estimate of drug-likeness (QED) is 0.346. The Morgan fingerprint density at radius 2 is 1.89 bits per heavy atom. The van der Waals surface area contributed by atoms with E-state index in [0.717, 1.165) is 15.9 Å². The Kier molecular flexibility index (Phi) is 7.57. The fraction of sp³-hybridized carbons (Fsp3) is 0.192. The summed E-state index contributed by atoms with van der Waals surface area (Å²) in [5, 5.41) is 0.337. The maximum absolute atomic E-state index is 14.1. The molecule has 190 valence electrons. The summed E-state index contributed by atoms with van der Waals surface area (Å²) in [7, 11) is 0. The first-order valence-electron chi connectivity index (χ1n) is 10.9. The fourth-order valence-electron chi connectivity index (χ4n) is 3.74. The van der Waals surface area contributed by atoms with Gasteiger partial charge in [-0.05, 0) is 48.4 Å². The number of ether oxygens (including phenoxy) is 2. The molecule has 0 aliphatic carbocycles. The molecule has 1 aliphatic heterocycles. The van der Waals surface area contributed by atoms with Crippen molar-refractivity contribution < 1.29 is 27.4 Å². The second kappa shape index (κ2) is 10.7. The second-order valence-corrected chi connectivity index (χ2v) is 9.12. The number of halogens is 4. The van der Waals surface area contributed by atoms with Crippen molar-refractivity contribution in [3.8, 4) is 18.1 Å². The number of terminal acetylenes is 1. The van der Waals surface area contributed by atoms with Crippen LogP contribution >= 0.6 is 22.9 Å². The van der Waals surface area contributed by atoms with Gasteiger partial charge in [0, 0.05) is 5.02 Å². The van der Waals surface area contributed by atoms with E-state index in [4.69, 9.17) is 27.5 Å². The third kappa shape index (κ3) is 5.48. The Balaban J connectivity index is 1.94. The zero-order valence-corrected chi connectivity index (χ0v) is 20.8. The fourth-order valence-corrected chi connectivity index (χ4v) is 4.86. The van der Waals surface area contributed by atoms with Crippen LogP contribution in [0.15, 0.2) is 69.6 Å². The molecular formula is C26H18ClF3N2O4S. The lowest BCUT2D eigenvalue weighted by atomic mass is 9.95. The first kappa shape index (κ1) is 26.3. The maximum atomic E-state index is 14.1. The van der Waals surface area contributed by atoms with Crippen molar-refractivity contribution in [2.24, 2.45) is 4.99 Å². The minimum atomic E-state index is -4.98. The average Bonchev–Trinajstić information content (AvgIpc) is 3.17. The number of hydrogen-bond donors (Lipinski definition) is 0. The van der Waals surface area contributed by atoms with Crippen LogP contribution in [0.4, 0.5) is 13.2 Å². The zero-order valence-electron chi connectivity index (χ0n) is 19.2. The van der Waals surface area contributed by atoms with Gasteiger partial charge in [-0.3, -0.25) is 9.36 Å². The summed E-state index contributed by atoms with van der Waals surface area (Å²) < 4.78 is 53.9. The smallest absolute Gasteiger partial charge is 0.434 e. The van der Waals surface area contributed by atoms with Gasteiger partial charge >= 0.3 is 12.1 Å². The van der Waals surface area contributed by atoms with Gasteiger partial charge in [-0.25, -0.2) is 9.79 Å². The molecule has 0 unspecified atom stereocenters. The van der Waals surface area contributed by atoms with Crippen LogP contribution in [0.2, 0.25) is 5.02 Å². The van der Waals surface area contributed by atoms with E-state index in [1.165, 1.54) is 37.3 Å². The summed E-state index contributed by atoms with van der Waals surface area (Å²) in [4.78, 5) is 29.8. The highest BCUT2D eigenvalue weighted by molar-refractivity contribution is 7.07. The zero-order chi connectivity index (χ0) is 26.7. The predicted octanol–water partition coefficient (Wildman–Crippen LogP) is 4.01. The SMILES string of the molecule is C#CCOc1ccc(/C=c2\sc3n(c2=O)[C@@H](c2ccc(Cl)cc2)C(C(=O)OCC)=C(C(F)(F)F)N=3)cc1. The first-order chi connectivity index (χ1) is 17.6. The number of aromatic nitrogens is 1. The number of hydrogen-bond acceptors (Lipinski definition) is 6. The molecule has 3 aromatic rings. The summed E-state index contributed by atoms with van der Waals surface area (Å²) in [6.45, 7) is 1.40. The highest BCUT2D eigenvalue weighted by Gasteiger charge is 2.45. The maximum Gasteiger partial charge on any atom is 0.434 e. The van der Waals surface area contributed by atoms with Gasteiger partial charge in [0.1, 0.15) is 12.4 Å². The molecule has 0 bridgehead atoms. The topological polar surface area (TPSA) is 69.9 Å². The van der Waals surface area contributed by atoms with Gasteiger partial charge in [0.15, 0.2) is 10.5 Å². The molecule has 0 fully saturated rings. The molecule has 0 saturated heterocycles. The standard InChI is InChI=1S/C26H18ClF3N2O4S/c1-3-13-36-18-11-5-15(6-12-18)14-19-23(33)32-21(16-7-9-17(27)10-8-16)20(24(34)35-4-2)22(26(28,29)30)31-25(32)37-19/h1,5-12,14,21H,4,13H2,2H3/b19-14-/t21-/m0/s1. The first-order valence-corrected chi connectivity index (χ1v) is 12.1. The minimum absolute atomic E-state index is 0.0903. The third-order valence-corrected chi connectivity index (χ3v) is 6.52. The Labute approximate surface area is 217 Å². The van der Waals surface area contributed by atoms with Gasteiger partial charge in [-0.2, -0.15) is 13.2 Å². The van der Waals surface area contributed by atoms with Gasteiger partial charge in [-0.15, -0.1) is 6.42 Å². The predicted molar refractivity (Wildman–Crippen MR) is 133 cm³/mol. The number of thiazole rings is 1. The van der Waals surface area contributed by atoms with Crippen molar-refractivity contribution in [3.05, 3.63) is 95.6 Å². The van der Waals surface area contributed by atoms with Gasteiger partial charge in [0.25, 0.3) is 5.56 Å². The number of rotatable bonds is 6. The van der Waals surface area contributed by atoms with E-state index in [2.05, 4.69) is 10.9 Å². The molecule has 4 rings (SSSR count). The summed E-state index contributed by atoms with van der Waals surface area (Å²) in [5.41, 5.74) is -1.95. The van der Waals surface area contributed by atoms with E-state index >= 15 is 0 Å². The largest absolute Gasteiger partial charge is 0.481 e. The molecule has 1 aliphatic rings. The molecule has 1 aromatic heterocycles. The van der Waals surface area contributed by atoms with Crippen molar-refractivity contribution in [1.82, 2.24) is 4.57 Å². The molecule has 6 nitrogen and oxygen atoms in total. The van der Waals surface area contributed by atoms with Gasteiger partial charge in [-0.1, -0.05) is 53.1 Å². The molecular weight excluding hydrogens is 529 g/mol. The summed E-state index contributed by atoms with van der Waals surface area (Å²) in [6.07, 6.45) is 1.73. The molecule has 1 atom stereocenters. The number of nitrogens with zero attached hydrogens (tertiary/aromatic N) is 2. The van der Waals surface area contributed by atoms with Crippen molar-refractivity contribution >= 4 is 35.0 Å². The van der Waals surface area contributed by atoms with Crippen molar-refractivity contribution in [3.63, 3.8) is 0 Å². The van der Waals surface area contributed by atoms with Gasteiger partial charge in [0.2, 0.25) is 0 Å². The molecule has 0 radical (unpaired) electrons. The lowest BCUT2D eigenvalue weighted by molar-refractivity contribution is -0.140. The van der Waals surface area contributed by atoms with Crippen LogP contribution < -0.4 is 19.6 Å². The van der Waals surface area contributed by atoms with Gasteiger partial charge < -0.3 is 9.47 Å². The molecule has 0 N–H and O–H groups in total. The summed E-state index contributed by atoms with van der Waals surface area (Å²) >= 11 is 6.75. The lowest BCUT2D eigenvalue weighted by Gasteiger charge is -2.26. The van der Waals surface area contributed by atoms with Crippen molar-refractivity contribution in [2.45, 2.75) is 19.1 Å². The molecule has 0 spiro atoms. The Hall–Kier alpha value is -3.81. The molecule has 11 heteroatoms. The number of fused-ring (bicyclic) bond motifs is 1. The lowest BCUT2D eigenvalue weighted by Crippen LogP contribution is -2.41. The van der Waals surface area contributed by atoms with Crippen molar-refractivity contribution in [2.75, 3.05) is 13.2 Å². The number of allylic oxidation sites excluding steroid dienone is 1. The van der Waals surface area contributed by atoms with E-state index in [0.29, 0.717) is 16.3 Å². The normalized spacial score (nSPS) is 15.6. The highest BCUT2D eigenvalue weighted by Crippen LogP contribution is 2.38. The van der Waals surface area contributed by atoms with E-state index < -0.39 is 35.0 Å². The number of carbonyl (C=O) groups is 1. The van der Waals surface area contributed by atoms with Gasteiger partial charge in [0.05, 0.1) is 22.8 Å². The van der Waals surface area contributed by atoms with Crippen LogP contribution in [0.5, 0.6) is 5.75 Å². The Morgan fingerprint density at radius 3 is 2.49 bits per heavy atom. The highest BCUT2D eigenvalue weighted by atomic mass is 35.5. The molecule has 0 saturated carbocycles. The van der Waals surface area contributed by atoms with Crippen LogP contribution in [0, 0.1) is 12.3 Å². The van der Waals surface area contributed by atoms with Crippen LogP contribution in [0.25, 0.3) is 6.08 Å². The van der Waals surface area contributed by atoms with Crippen LogP contribution in [-0.2, 0) is 9.53 Å². The van der Waals surface area contributed by atoms with Crippen LogP contribution in [0.3, 0.4) is 0 Å². The van der Waals surface area contributed by atoms with E-state index in [1.807, 2.05) is 0 Å². The van der Waals surface area contributed by atoms with Crippen molar-refractivity contribution in [1.29, 1.82) is 0 Å². The number of benzene rings is 2. The average molecular weight is 547 g/mol. The van der Waals surface area contributed by atoms with Crippen LogP contribution in [-0.4, -0.2) is 29.9 Å². The van der Waals surface area contributed by atoms with E-state index in [9.17, 15) is 22.8 Å². The molecule has 0 amide bonds. The molecule has 37 heavy (non-hydrogen) atoms. The number of alkyl halides is 3. The summed E-state index contributed by atoms with van der Waals surface area (Å²) in [5.74, 6) is 1.66. The molecule has 2 heterocycles. The minimum Gasteiger partial charge on any atom is -0.481 e. The van der Waals surface area contributed by atoms with E-state index in [-0.39, 0.29) is 28.1 Å². The number of esters is 1. The second-order valence-electron chi connectivity index (χ2n) is 7.68. The third-order valence-electron chi connectivity index (χ3n) is 5.28.